The number of aliphatic hydroxyl groups is 1. The van der Waals surface area contributed by atoms with Gasteiger partial charge in [0.2, 0.25) is 0 Å². The number of rotatable bonds is 10. The second-order valence-corrected chi connectivity index (χ2v) is 12.7. The second kappa shape index (κ2) is 14.4. The molecule has 10 nitrogen and oxygen atoms in total. The number of aliphatic hydroxyl groups excluding tert-OH is 1. The average Bonchev–Trinajstić information content (AvgIpc) is 3.43. The molecule has 1 aromatic heterocycles. The van der Waals surface area contributed by atoms with Gasteiger partial charge in [0.15, 0.2) is 6.54 Å². The lowest BCUT2D eigenvalue weighted by molar-refractivity contribution is -0.775. The summed E-state index contributed by atoms with van der Waals surface area (Å²) in [5, 5.41) is 13.2. The van der Waals surface area contributed by atoms with Crippen molar-refractivity contribution in [2.45, 2.75) is 78.0 Å². The van der Waals surface area contributed by atoms with Gasteiger partial charge < -0.3 is 19.6 Å². The molecule has 48 heavy (non-hydrogen) atoms. The van der Waals surface area contributed by atoms with Crippen molar-refractivity contribution in [3.63, 3.8) is 0 Å². The van der Waals surface area contributed by atoms with Gasteiger partial charge in [0.05, 0.1) is 29.9 Å². The number of unbranched alkanes of at least 4 members (excludes halogenated alkanes) is 1. The number of fused-ring (bicyclic) bond motifs is 2. The smallest absolute Gasteiger partial charge is 0.410 e. The van der Waals surface area contributed by atoms with Crippen LogP contribution >= 0.6 is 0 Å². The number of nitrogens with one attached hydrogen (secondary N) is 1. The molecule has 3 heterocycles. The molecule has 3 amide bonds. The molecule has 4 aromatic rings. The quantitative estimate of drug-likeness (QED) is 0.215. The fourth-order valence-corrected chi connectivity index (χ4v) is 6.96. The van der Waals surface area contributed by atoms with Crippen LogP contribution in [0.4, 0.5) is 10.5 Å². The molecule has 2 aliphatic rings. The summed E-state index contributed by atoms with van der Waals surface area (Å²) in [6.45, 7) is 7.66. The fourth-order valence-electron chi connectivity index (χ4n) is 6.96. The molecule has 2 aliphatic heterocycles. The summed E-state index contributed by atoms with van der Waals surface area (Å²) in [5.41, 5.74) is 4.85. The first-order valence-electron chi connectivity index (χ1n) is 16.9. The Hall–Kier alpha value is -4.96. The van der Waals surface area contributed by atoms with Crippen LogP contribution in [0.2, 0.25) is 0 Å². The standard InChI is InChI=1S/C38H43N5O5/c1-4-6-19-40-30(12-5-2)24-42-35(37(40)46)20-26(3)43(42)34-18-17-29(39-38(47)48-32-15-8-7-9-16-32)22-33(34)36(45)41-23-28-14-11-10-13-27(28)21-31(41)25-44/h7-11,13-18,20,22,30-31,44H,4-6,12,19,21,23-25H2,1-3H3/p+1/t30?,31-/m0/s1. The summed E-state index contributed by atoms with van der Waals surface area (Å²) in [4.78, 5) is 45.2. The Balaban J connectivity index is 1.42. The third kappa shape index (κ3) is 6.57. The molecule has 2 N–H and O–H groups in total. The minimum atomic E-state index is -0.684. The van der Waals surface area contributed by atoms with Crippen molar-refractivity contribution in [1.82, 2.24) is 14.5 Å². The number of carbonyl (C=O) groups excluding carboxylic acids is 3. The summed E-state index contributed by atoms with van der Waals surface area (Å²) in [6, 6.07) is 23.4. The zero-order valence-corrected chi connectivity index (χ0v) is 27.9. The molecule has 6 rings (SSSR count). The number of anilines is 1. The van der Waals surface area contributed by atoms with E-state index < -0.39 is 12.1 Å². The average molecular weight is 651 g/mol. The van der Waals surface area contributed by atoms with Gasteiger partial charge in [0, 0.05) is 24.8 Å². The molecule has 0 radical (unpaired) electrons. The van der Waals surface area contributed by atoms with Gasteiger partial charge >= 0.3 is 12.0 Å². The van der Waals surface area contributed by atoms with Crippen LogP contribution in [0.3, 0.4) is 0 Å². The van der Waals surface area contributed by atoms with Gasteiger partial charge in [-0.25, -0.2) is 4.79 Å². The molecule has 3 aromatic carbocycles. The van der Waals surface area contributed by atoms with Gasteiger partial charge in [-0.1, -0.05) is 73.8 Å². The van der Waals surface area contributed by atoms with E-state index in [1.165, 1.54) is 0 Å². The van der Waals surface area contributed by atoms with E-state index in [0.717, 1.165) is 42.5 Å². The molecule has 10 heteroatoms. The van der Waals surface area contributed by atoms with Crippen molar-refractivity contribution in [2.24, 2.45) is 0 Å². The van der Waals surface area contributed by atoms with Gasteiger partial charge in [-0.05, 0) is 67.6 Å². The number of hydrogen-bond donors (Lipinski definition) is 2. The fraction of sp³-hybridized carbons (Fsp3) is 0.368. The molecule has 0 spiro atoms. The van der Waals surface area contributed by atoms with E-state index in [1.54, 1.807) is 47.4 Å². The Kier molecular flexibility index (Phi) is 9.91. The van der Waals surface area contributed by atoms with Crippen molar-refractivity contribution < 1.29 is 28.9 Å². The van der Waals surface area contributed by atoms with Crippen LogP contribution in [0, 0.1) is 6.92 Å². The number of ether oxygens (including phenoxy) is 1. The summed E-state index contributed by atoms with van der Waals surface area (Å²) in [6.07, 6.45) is 3.60. The molecular formula is C38H44N5O5+. The summed E-state index contributed by atoms with van der Waals surface area (Å²) >= 11 is 0. The van der Waals surface area contributed by atoms with Crippen molar-refractivity contribution in [3.05, 3.63) is 107 Å². The lowest BCUT2D eigenvalue weighted by Gasteiger charge is -2.36. The number of hydrogen-bond acceptors (Lipinski definition) is 5. The Bertz CT molecular complexity index is 1800. The lowest BCUT2D eigenvalue weighted by Crippen LogP contribution is -2.62. The van der Waals surface area contributed by atoms with E-state index in [2.05, 4.69) is 19.2 Å². The van der Waals surface area contributed by atoms with E-state index >= 15 is 0 Å². The topological polar surface area (TPSA) is 108 Å². The maximum absolute atomic E-state index is 14.7. The predicted octanol–water partition coefficient (Wildman–Crippen LogP) is 5.67. The molecule has 1 unspecified atom stereocenters. The van der Waals surface area contributed by atoms with Crippen LogP contribution in [-0.2, 0) is 19.5 Å². The Morgan fingerprint density at radius 1 is 0.958 bits per heavy atom. The second-order valence-electron chi connectivity index (χ2n) is 12.7. The van der Waals surface area contributed by atoms with Crippen molar-refractivity contribution in [3.8, 4) is 11.4 Å². The molecule has 0 aliphatic carbocycles. The summed E-state index contributed by atoms with van der Waals surface area (Å²) < 4.78 is 9.41. The van der Waals surface area contributed by atoms with Gasteiger partial charge in [0.1, 0.15) is 11.4 Å². The first-order chi connectivity index (χ1) is 23.3. The third-order valence-corrected chi connectivity index (χ3v) is 9.36. The molecular weight excluding hydrogens is 606 g/mol. The van der Waals surface area contributed by atoms with Crippen molar-refractivity contribution in [2.75, 3.05) is 18.5 Å². The minimum Gasteiger partial charge on any atom is -0.410 e. The van der Waals surface area contributed by atoms with E-state index in [1.807, 2.05) is 57.6 Å². The zero-order chi connectivity index (χ0) is 33.8. The maximum Gasteiger partial charge on any atom is 0.417 e. The normalized spacial score (nSPS) is 17.1. The van der Waals surface area contributed by atoms with Gasteiger partial charge in [-0.15, -0.1) is 4.68 Å². The molecule has 0 bridgehead atoms. The van der Waals surface area contributed by atoms with Gasteiger partial charge in [0.25, 0.3) is 11.6 Å². The highest BCUT2D eigenvalue weighted by Crippen LogP contribution is 2.30. The summed E-state index contributed by atoms with van der Waals surface area (Å²) in [5.74, 6) is 0.113. The number of para-hydroxylation sites is 1. The van der Waals surface area contributed by atoms with Gasteiger partial charge in [-0.3, -0.25) is 14.9 Å². The zero-order valence-electron chi connectivity index (χ0n) is 27.9. The van der Waals surface area contributed by atoms with E-state index in [-0.39, 0.29) is 24.5 Å². The third-order valence-electron chi connectivity index (χ3n) is 9.36. The number of nitrogens with zero attached hydrogens (tertiary/aromatic N) is 4. The largest absolute Gasteiger partial charge is 0.417 e. The maximum atomic E-state index is 14.7. The number of aryl methyl sites for hydroxylation is 1. The molecule has 2 atom stereocenters. The highest BCUT2D eigenvalue weighted by molar-refractivity contribution is 6.00. The SMILES string of the molecule is CCCCN1C(=O)c2cc(C)n(-c3ccc(NC(=O)Oc4ccccc4)cc3C(=O)N3Cc4ccccc4C[C@H]3CO)[n+]2CC1CCC. The van der Waals surface area contributed by atoms with Crippen LogP contribution in [0.25, 0.3) is 5.69 Å². The molecule has 0 saturated carbocycles. The van der Waals surface area contributed by atoms with Crippen molar-refractivity contribution >= 4 is 23.6 Å². The van der Waals surface area contributed by atoms with Crippen LogP contribution in [-0.4, -0.2) is 62.7 Å². The summed E-state index contributed by atoms with van der Waals surface area (Å²) in [7, 11) is 0. The van der Waals surface area contributed by atoms with Crippen LogP contribution in [0.1, 0.15) is 77.2 Å². The Morgan fingerprint density at radius 3 is 2.44 bits per heavy atom. The van der Waals surface area contributed by atoms with Crippen LogP contribution < -0.4 is 14.7 Å². The molecule has 250 valence electrons. The Labute approximate surface area is 281 Å². The highest BCUT2D eigenvalue weighted by Gasteiger charge is 2.42. The van der Waals surface area contributed by atoms with E-state index in [4.69, 9.17) is 4.74 Å². The number of aromatic nitrogens is 2. The van der Waals surface area contributed by atoms with Crippen LogP contribution in [0.5, 0.6) is 5.75 Å². The first-order valence-corrected chi connectivity index (χ1v) is 16.9. The van der Waals surface area contributed by atoms with Crippen molar-refractivity contribution in [1.29, 1.82) is 0 Å². The lowest BCUT2D eigenvalue weighted by atomic mass is 9.93. The Morgan fingerprint density at radius 2 is 1.71 bits per heavy atom. The van der Waals surface area contributed by atoms with E-state index in [0.29, 0.717) is 54.4 Å². The van der Waals surface area contributed by atoms with Crippen LogP contribution in [0.15, 0.2) is 78.9 Å². The minimum absolute atomic E-state index is 0.00203. The number of carbonyl (C=O) groups is 3. The van der Waals surface area contributed by atoms with Gasteiger partial charge in [-0.2, -0.15) is 0 Å². The highest BCUT2D eigenvalue weighted by atomic mass is 16.6. The number of amides is 3. The number of benzene rings is 3. The monoisotopic (exact) mass is 650 g/mol. The molecule has 0 saturated heterocycles. The predicted molar refractivity (Wildman–Crippen MR) is 182 cm³/mol. The first kappa shape index (κ1) is 33.0. The van der Waals surface area contributed by atoms with E-state index in [9.17, 15) is 19.5 Å². The molecule has 0 fully saturated rings.